The number of amides is 1. The van der Waals surface area contributed by atoms with Gasteiger partial charge in [0.05, 0.1) is 12.2 Å². The van der Waals surface area contributed by atoms with Gasteiger partial charge in [-0.3, -0.25) is 9.63 Å². The Kier molecular flexibility index (Phi) is 3.42. The summed E-state index contributed by atoms with van der Waals surface area (Å²) in [5.41, 5.74) is -0.756. The fraction of sp³-hybridized carbons (Fsp3) is 0.364. The summed E-state index contributed by atoms with van der Waals surface area (Å²) in [6, 6.07) is 0.407. The largest absolute Gasteiger partial charge is 0.503 e. The lowest BCUT2D eigenvalue weighted by atomic mass is 10.1. The van der Waals surface area contributed by atoms with Crippen molar-refractivity contribution in [1.29, 1.82) is 0 Å². The molecule has 98 valence electrons. The molecule has 1 fully saturated rings. The van der Waals surface area contributed by atoms with Crippen LogP contribution in [-0.4, -0.2) is 29.2 Å². The summed E-state index contributed by atoms with van der Waals surface area (Å²) in [4.78, 5) is 16.8. The molecule has 0 unspecified atom stereocenters. The highest BCUT2D eigenvalue weighted by Gasteiger charge is 2.27. The van der Waals surface area contributed by atoms with E-state index in [9.17, 15) is 18.0 Å². The molecule has 1 aliphatic heterocycles. The van der Waals surface area contributed by atoms with E-state index in [0.29, 0.717) is 19.1 Å². The normalized spacial score (nSPS) is 15.8. The Labute approximate surface area is 101 Å². The SMILES string of the molecule is O=C(c1cc(F)c(F)c(O)c1F)N1CCCCO1. The summed E-state index contributed by atoms with van der Waals surface area (Å²) >= 11 is 0. The number of carbonyl (C=O) groups excluding carboxylic acids is 1. The monoisotopic (exact) mass is 261 g/mol. The molecule has 4 nitrogen and oxygen atoms in total. The first-order chi connectivity index (χ1) is 8.52. The van der Waals surface area contributed by atoms with Crippen molar-refractivity contribution >= 4 is 5.91 Å². The van der Waals surface area contributed by atoms with Crippen molar-refractivity contribution in [2.24, 2.45) is 0 Å². The van der Waals surface area contributed by atoms with E-state index in [1.807, 2.05) is 0 Å². The van der Waals surface area contributed by atoms with Crippen molar-refractivity contribution in [1.82, 2.24) is 5.06 Å². The molecule has 0 spiro atoms. The molecular weight excluding hydrogens is 251 g/mol. The number of phenolic OH excluding ortho intramolecular Hbond substituents is 1. The standard InChI is InChI=1S/C11H10F3NO3/c12-7-5-6(8(13)10(16)9(7)14)11(17)15-3-1-2-4-18-15/h5,16H,1-4H2. The number of hydrogen-bond donors (Lipinski definition) is 1. The van der Waals surface area contributed by atoms with E-state index in [2.05, 4.69) is 0 Å². The molecule has 0 radical (unpaired) electrons. The van der Waals surface area contributed by atoms with E-state index >= 15 is 0 Å². The van der Waals surface area contributed by atoms with Gasteiger partial charge in [-0.05, 0) is 18.9 Å². The smallest absolute Gasteiger partial charge is 0.280 e. The number of nitrogens with zero attached hydrogens (tertiary/aromatic N) is 1. The molecule has 18 heavy (non-hydrogen) atoms. The Balaban J connectivity index is 2.35. The van der Waals surface area contributed by atoms with Crippen LogP contribution < -0.4 is 0 Å². The quantitative estimate of drug-likeness (QED) is 0.786. The molecule has 7 heteroatoms. The summed E-state index contributed by atoms with van der Waals surface area (Å²) < 4.78 is 39.4. The number of halogens is 3. The second-order valence-electron chi connectivity index (χ2n) is 3.83. The molecule has 1 aliphatic rings. The van der Waals surface area contributed by atoms with Crippen molar-refractivity contribution in [2.75, 3.05) is 13.2 Å². The van der Waals surface area contributed by atoms with E-state index in [1.165, 1.54) is 0 Å². The maximum Gasteiger partial charge on any atom is 0.280 e. The van der Waals surface area contributed by atoms with Crippen LogP contribution in [-0.2, 0) is 4.84 Å². The van der Waals surface area contributed by atoms with Crippen LogP contribution in [0.1, 0.15) is 23.2 Å². The number of hydroxylamine groups is 2. The minimum absolute atomic E-state index is 0.234. The number of hydrogen-bond acceptors (Lipinski definition) is 3. The average molecular weight is 261 g/mol. The molecule has 0 aliphatic carbocycles. The molecule has 2 rings (SSSR count). The van der Waals surface area contributed by atoms with Crippen LogP contribution in [0.25, 0.3) is 0 Å². The Morgan fingerprint density at radius 2 is 2.00 bits per heavy atom. The average Bonchev–Trinajstić information content (AvgIpc) is 2.41. The van der Waals surface area contributed by atoms with Crippen molar-refractivity contribution in [3.63, 3.8) is 0 Å². The van der Waals surface area contributed by atoms with Gasteiger partial charge in [-0.15, -0.1) is 0 Å². The van der Waals surface area contributed by atoms with E-state index in [0.717, 1.165) is 11.5 Å². The third kappa shape index (κ3) is 2.13. The summed E-state index contributed by atoms with van der Waals surface area (Å²) in [6.45, 7) is 0.529. The molecule has 0 atom stereocenters. The molecule has 0 bridgehead atoms. The molecule has 0 saturated carbocycles. The minimum Gasteiger partial charge on any atom is -0.503 e. The van der Waals surface area contributed by atoms with E-state index < -0.39 is 34.7 Å². The Bertz CT molecular complexity index is 487. The zero-order valence-corrected chi connectivity index (χ0v) is 9.25. The first-order valence-electron chi connectivity index (χ1n) is 5.33. The van der Waals surface area contributed by atoms with Crippen molar-refractivity contribution in [3.05, 3.63) is 29.1 Å². The zero-order chi connectivity index (χ0) is 13.3. The van der Waals surface area contributed by atoms with Crippen LogP contribution in [0.2, 0.25) is 0 Å². The van der Waals surface area contributed by atoms with Gasteiger partial charge in [0, 0.05) is 6.54 Å². The topological polar surface area (TPSA) is 49.8 Å². The van der Waals surface area contributed by atoms with Gasteiger partial charge in [0.15, 0.2) is 17.4 Å². The van der Waals surface area contributed by atoms with Gasteiger partial charge in [0.2, 0.25) is 5.82 Å². The van der Waals surface area contributed by atoms with Crippen LogP contribution in [0.15, 0.2) is 6.07 Å². The Morgan fingerprint density at radius 3 is 2.61 bits per heavy atom. The number of aromatic hydroxyl groups is 1. The van der Waals surface area contributed by atoms with Crippen molar-refractivity contribution < 1.29 is 27.9 Å². The fourth-order valence-corrected chi connectivity index (χ4v) is 1.64. The molecular formula is C11H10F3NO3. The fourth-order valence-electron chi connectivity index (χ4n) is 1.64. The summed E-state index contributed by atoms with van der Waals surface area (Å²) in [5.74, 6) is -7.15. The van der Waals surface area contributed by atoms with Gasteiger partial charge in [-0.25, -0.2) is 13.8 Å². The number of rotatable bonds is 1. The van der Waals surface area contributed by atoms with Crippen LogP contribution >= 0.6 is 0 Å². The lowest BCUT2D eigenvalue weighted by Gasteiger charge is -2.26. The predicted octanol–water partition coefficient (Wildman–Crippen LogP) is 1.98. The molecule has 1 saturated heterocycles. The molecule has 1 heterocycles. The highest BCUT2D eigenvalue weighted by atomic mass is 19.2. The van der Waals surface area contributed by atoms with Crippen LogP contribution in [0.4, 0.5) is 13.2 Å². The maximum atomic E-state index is 13.5. The highest BCUT2D eigenvalue weighted by Crippen LogP contribution is 2.27. The first-order valence-corrected chi connectivity index (χ1v) is 5.33. The lowest BCUT2D eigenvalue weighted by Crippen LogP contribution is -2.36. The van der Waals surface area contributed by atoms with Crippen LogP contribution in [0.3, 0.4) is 0 Å². The first kappa shape index (κ1) is 12.7. The summed E-state index contributed by atoms with van der Waals surface area (Å²) in [7, 11) is 0. The van der Waals surface area contributed by atoms with Gasteiger partial charge in [0.25, 0.3) is 5.91 Å². The van der Waals surface area contributed by atoms with Gasteiger partial charge in [0.1, 0.15) is 0 Å². The molecule has 1 amide bonds. The highest BCUT2D eigenvalue weighted by molar-refractivity contribution is 5.94. The number of phenols is 1. The maximum absolute atomic E-state index is 13.5. The number of carbonyl (C=O) groups is 1. The summed E-state index contributed by atoms with van der Waals surface area (Å²) in [6.07, 6.45) is 1.43. The van der Waals surface area contributed by atoms with Crippen molar-refractivity contribution in [2.45, 2.75) is 12.8 Å². The second kappa shape index (κ2) is 4.85. The van der Waals surface area contributed by atoms with Crippen molar-refractivity contribution in [3.8, 4) is 5.75 Å². The Hall–Kier alpha value is -1.76. The Morgan fingerprint density at radius 1 is 1.28 bits per heavy atom. The van der Waals surface area contributed by atoms with Crippen LogP contribution in [0.5, 0.6) is 5.75 Å². The van der Waals surface area contributed by atoms with Gasteiger partial charge in [-0.1, -0.05) is 0 Å². The third-order valence-electron chi connectivity index (χ3n) is 2.59. The van der Waals surface area contributed by atoms with Crippen LogP contribution in [0, 0.1) is 17.5 Å². The molecule has 0 aromatic heterocycles. The minimum atomic E-state index is -1.72. The van der Waals surface area contributed by atoms with E-state index in [4.69, 9.17) is 9.94 Å². The van der Waals surface area contributed by atoms with Gasteiger partial charge >= 0.3 is 0 Å². The van der Waals surface area contributed by atoms with E-state index in [1.54, 1.807) is 0 Å². The summed E-state index contributed by atoms with van der Waals surface area (Å²) in [5, 5.41) is 9.89. The molecule has 1 aromatic carbocycles. The van der Waals surface area contributed by atoms with Gasteiger partial charge in [-0.2, -0.15) is 4.39 Å². The predicted molar refractivity (Wildman–Crippen MR) is 54.2 cm³/mol. The second-order valence-corrected chi connectivity index (χ2v) is 3.83. The molecule has 1 N–H and O–H groups in total. The van der Waals surface area contributed by atoms with E-state index in [-0.39, 0.29) is 6.54 Å². The van der Waals surface area contributed by atoms with Gasteiger partial charge < -0.3 is 5.11 Å². The third-order valence-corrected chi connectivity index (χ3v) is 2.59. The lowest BCUT2D eigenvalue weighted by molar-refractivity contribution is -0.144. The zero-order valence-electron chi connectivity index (χ0n) is 9.25. The number of benzene rings is 1. The molecule has 1 aromatic rings.